The molecule has 3 aromatic rings. The highest BCUT2D eigenvalue weighted by Gasteiger charge is 2.37. The van der Waals surface area contributed by atoms with E-state index in [4.69, 9.17) is 14.6 Å². The summed E-state index contributed by atoms with van der Waals surface area (Å²) in [5, 5.41) is 8.49. The summed E-state index contributed by atoms with van der Waals surface area (Å²) in [7, 11) is -1.23. The molecule has 1 aromatic carbocycles. The van der Waals surface area contributed by atoms with Crippen LogP contribution in [0.3, 0.4) is 0 Å². The second kappa shape index (κ2) is 7.33. The number of rotatable bonds is 5. The van der Waals surface area contributed by atoms with Crippen molar-refractivity contribution in [2.45, 2.75) is 11.1 Å². The number of aromatic nitrogens is 4. The number of hydrogen-bond donors (Lipinski definition) is 1. The molecule has 0 radical (unpaired) electrons. The number of hydrogen-bond acceptors (Lipinski definition) is 7. The van der Waals surface area contributed by atoms with Crippen LogP contribution in [0.1, 0.15) is 5.82 Å². The molecule has 2 N–H and O–H groups in total. The van der Waals surface area contributed by atoms with Crippen molar-refractivity contribution >= 4 is 10.0 Å². The summed E-state index contributed by atoms with van der Waals surface area (Å²) < 4.78 is 73.5. The average molecular weight is 429 g/mol. The molecule has 2 aromatic heterocycles. The third-order valence-corrected chi connectivity index (χ3v) is 4.67. The molecule has 0 atom stereocenters. The van der Waals surface area contributed by atoms with E-state index in [-0.39, 0.29) is 27.9 Å². The van der Waals surface area contributed by atoms with E-state index in [0.717, 1.165) is 16.9 Å². The summed E-state index contributed by atoms with van der Waals surface area (Å²) in [6, 6.07) is 6.67. The third-order valence-electron chi connectivity index (χ3n) is 3.77. The van der Waals surface area contributed by atoms with Crippen molar-refractivity contribution in [3.05, 3.63) is 42.4 Å². The minimum atomic E-state index is -4.81. The van der Waals surface area contributed by atoms with Gasteiger partial charge in [0.05, 0.1) is 14.2 Å². The van der Waals surface area contributed by atoms with Crippen molar-refractivity contribution in [1.29, 1.82) is 0 Å². The van der Waals surface area contributed by atoms with Crippen LogP contribution in [0.15, 0.2) is 41.4 Å². The average Bonchev–Trinajstić information content (AvgIpc) is 3.12. The molecule has 0 saturated heterocycles. The molecule has 3 rings (SSSR count). The Labute approximate surface area is 163 Å². The van der Waals surface area contributed by atoms with E-state index in [1.54, 1.807) is 0 Å². The molecule has 2 heterocycles. The van der Waals surface area contributed by atoms with Crippen molar-refractivity contribution < 1.29 is 31.1 Å². The number of halogens is 3. The number of benzene rings is 1. The van der Waals surface area contributed by atoms with Gasteiger partial charge >= 0.3 is 6.18 Å². The fourth-order valence-corrected chi connectivity index (χ4v) is 2.88. The molecule has 0 bridgehead atoms. The quantitative estimate of drug-likeness (QED) is 0.658. The summed E-state index contributed by atoms with van der Waals surface area (Å²) in [6.07, 6.45) is -3.89. The first-order chi connectivity index (χ1) is 13.5. The normalized spacial score (nSPS) is 12.1. The second-order valence-electron chi connectivity index (χ2n) is 5.64. The highest BCUT2D eigenvalue weighted by molar-refractivity contribution is 7.89. The van der Waals surface area contributed by atoms with Gasteiger partial charge in [-0.05, 0) is 30.3 Å². The van der Waals surface area contributed by atoms with E-state index >= 15 is 0 Å². The molecule has 0 aliphatic carbocycles. The van der Waals surface area contributed by atoms with Gasteiger partial charge in [-0.15, -0.1) is 5.10 Å². The van der Waals surface area contributed by atoms with Gasteiger partial charge in [-0.2, -0.15) is 17.9 Å². The minimum absolute atomic E-state index is 0.0924. The molecule has 0 aliphatic heterocycles. The SMILES string of the molecule is COc1ccc(-c2nc(C(F)(F)F)nn2-c2ccc(S(N)(=O)=O)cn2)cc1OC. The van der Waals surface area contributed by atoms with Gasteiger partial charge in [0, 0.05) is 11.8 Å². The molecule has 0 spiro atoms. The number of ether oxygens (including phenoxy) is 2. The molecule has 0 fully saturated rings. The highest BCUT2D eigenvalue weighted by Crippen LogP contribution is 2.34. The number of nitrogens with zero attached hydrogens (tertiary/aromatic N) is 4. The maximum absolute atomic E-state index is 13.2. The summed E-state index contributed by atoms with van der Waals surface area (Å²) >= 11 is 0. The van der Waals surface area contributed by atoms with E-state index in [0.29, 0.717) is 5.75 Å². The van der Waals surface area contributed by atoms with Gasteiger partial charge in [-0.3, -0.25) is 0 Å². The van der Waals surface area contributed by atoms with Crippen LogP contribution in [-0.4, -0.2) is 42.4 Å². The van der Waals surface area contributed by atoms with Gasteiger partial charge in [-0.1, -0.05) is 0 Å². The highest BCUT2D eigenvalue weighted by atomic mass is 32.2. The van der Waals surface area contributed by atoms with Crippen LogP contribution in [-0.2, 0) is 16.2 Å². The van der Waals surface area contributed by atoms with E-state index < -0.39 is 22.0 Å². The van der Waals surface area contributed by atoms with Crippen LogP contribution >= 0.6 is 0 Å². The van der Waals surface area contributed by atoms with E-state index in [1.165, 1.54) is 38.5 Å². The monoisotopic (exact) mass is 429 g/mol. The van der Waals surface area contributed by atoms with Gasteiger partial charge in [0.1, 0.15) is 4.90 Å². The van der Waals surface area contributed by atoms with Gasteiger partial charge in [0.2, 0.25) is 10.0 Å². The Morgan fingerprint density at radius 2 is 1.76 bits per heavy atom. The lowest BCUT2D eigenvalue weighted by Gasteiger charge is -2.10. The first kappa shape index (κ1) is 20.5. The lowest BCUT2D eigenvalue weighted by Crippen LogP contribution is -2.13. The number of sulfonamides is 1. The number of primary sulfonamides is 1. The molecule has 0 unspecified atom stereocenters. The van der Waals surface area contributed by atoms with Crippen LogP contribution in [0.25, 0.3) is 17.2 Å². The third kappa shape index (κ3) is 4.14. The Balaban J connectivity index is 2.19. The fraction of sp³-hybridized carbons (Fsp3) is 0.188. The van der Waals surface area contributed by atoms with Gasteiger partial charge in [0.15, 0.2) is 23.1 Å². The number of pyridine rings is 1. The van der Waals surface area contributed by atoms with Crippen molar-refractivity contribution in [1.82, 2.24) is 19.7 Å². The zero-order chi connectivity index (χ0) is 21.4. The van der Waals surface area contributed by atoms with Crippen molar-refractivity contribution in [3.8, 4) is 28.7 Å². The fourth-order valence-electron chi connectivity index (χ4n) is 2.42. The standard InChI is InChI=1S/C16H14F3N5O4S/c1-27-11-5-3-9(7-12(11)28-2)14-22-15(16(17,18)19)23-24(14)13-6-4-10(8-21-13)29(20,25)26/h3-8H,1-2H3,(H2,20,25,26). The molecule has 13 heteroatoms. The number of methoxy groups -OCH3 is 2. The van der Waals surface area contributed by atoms with E-state index in [1.807, 2.05) is 0 Å². The largest absolute Gasteiger partial charge is 0.493 e. The van der Waals surface area contributed by atoms with Crippen molar-refractivity contribution in [2.75, 3.05) is 14.2 Å². The maximum Gasteiger partial charge on any atom is 0.453 e. The van der Waals surface area contributed by atoms with Gasteiger partial charge in [-0.25, -0.2) is 23.5 Å². The summed E-state index contributed by atoms with van der Waals surface area (Å²) in [4.78, 5) is 7.13. The Kier molecular flexibility index (Phi) is 5.19. The van der Waals surface area contributed by atoms with E-state index in [9.17, 15) is 21.6 Å². The minimum Gasteiger partial charge on any atom is -0.493 e. The smallest absolute Gasteiger partial charge is 0.453 e. The molecule has 0 aliphatic rings. The molecule has 29 heavy (non-hydrogen) atoms. The Bertz CT molecular complexity index is 1140. The van der Waals surface area contributed by atoms with Gasteiger partial charge < -0.3 is 9.47 Å². The van der Waals surface area contributed by atoms with Crippen LogP contribution in [0.4, 0.5) is 13.2 Å². The molecule has 0 amide bonds. The summed E-state index contributed by atoms with van der Waals surface area (Å²) in [6.45, 7) is 0. The van der Waals surface area contributed by atoms with E-state index in [2.05, 4.69) is 15.1 Å². The predicted octanol–water partition coefficient (Wildman–Crippen LogP) is 2.01. The van der Waals surface area contributed by atoms with Crippen LogP contribution < -0.4 is 14.6 Å². The Morgan fingerprint density at radius 1 is 1.07 bits per heavy atom. The zero-order valence-electron chi connectivity index (χ0n) is 15.0. The van der Waals surface area contributed by atoms with Crippen molar-refractivity contribution in [3.63, 3.8) is 0 Å². The number of alkyl halides is 3. The summed E-state index contributed by atoms with van der Waals surface area (Å²) in [5.74, 6) is -1.03. The first-order valence-electron chi connectivity index (χ1n) is 7.80. The molecule has 9 nitrogen and oxygen atoms in total. The Hall–Kier alpha value is -3.19. The van der Waals surface area contributed by atoms with Crippen LogP contribution in [0.2, 0.25) is 0 Å². The zero-order valence-corrected chi connectivity index (χ0v) is 15.8. The molecule has 0 saturated carbocycles. The molecule has 154 valence electrons. The maximum atomic E-state index is 13.2. The topological polar surface area (TPSA) is 122 Å². The lowest BCUT2D eigenvalue weighted by molar-refractivity contribution is -0.144. The van der Waals surface area contributed by atoms with Crippen LogP contribution in [0.5, 0.6) is 11.5 Å². The first-order valence-corrected chi connectivity index (χ1v) is 9.35. The van der Waals surface area contributed by atoms with Crippen LogP contribution in [0, 0.1) is 0 Å². The molecular weight excluding hydrogens is 415 g/mol. The molecular formula is C16H14F3N5O4S. The lowest BCUT2D eigenvalue weighted by atomic mass is 10.2. The van der Waals surface area contributed by atoms with Crippen molar-refractivity contribution in [2.24, 2.45) is 5.14 Å². The second-order valence-corrected chi connectivity index (χ2v) is 7.20. The van der Waals surface area contributed by atoms with Gasteiger partial charge in [0.25, 0.3) is 5.82 Å². The summed E-state index contributed by atoms with van der Waals surface area (Å²) in [5.41, 5.74) is 0.239. The predicted molar refractivity (Wildman–Crippen MR) is 94.1 cm³/mol. The number of nitrogens with two attached hydrogens (primary N) is 1. The Morgan fingerprint density at radius 3 is 2.28 bits per heavy atom.